The van der Waals surface area contributed by atoms with Gasteiger partial charge in [-0.2, -0.15) is 10.5 Å². The third kappa shape index (κ3) is 2.86. The molecule has 3 aromatic rings. The van der Waals surface area contributed by atoms with Crippen molar-refractivity contribution in [2.45, 2.75) is 6.92 Å². The van der Waals surface area contributed by atoms with Crippen LogP contribution in [0.15, 0.2) is 47.0 Å². The molecule has 0 spiro atoms. The van der Waals surface area contributed by atoms with Gasteiger partial charge in [-0.05, 0) is 48.5 Å². The van der Waals surface area contributed by atoms with E-state index >= 15 is 0 Å². The largest absolute Gasteiger partial charge is 0.461 e. The third-order valence-electron chi connectivity index (χ3n) is 3.00. The molecule has 2 N–H and O–H groups in total. The summed E-state index contributed by atoms with van der Waals surface area (Å²) in [6.07, 6.45) is 1.54. The van der Waals surface area contributed by atoms with Crippen molar-refractivity contribution in [3.05, 3.63) is 54.2 Å². The highest BCUT2D eigenvalue weighted by Gasteiger charge is 2.06. The molecule has 0 saturated carbocycles. The number of furan rings is 1. The van der Waals surface area contributed by atoms with Gasteiger partial charge in [0, 0.05) is 17.5 Å². The second-order valence-corrected chi connectivity index (χ2v) is 4.54. The fourth-order valence-electron chi connectivity index (χ4n) is 1.90. The maximum atomic E-state index is 9.08. The van der Waals surface area contributed by atoms with Crippen LogP contribution in [-0.4, -0.2) is 20.6 Å². The zero-order valence-corrected chi connectivity index (χ0v) is 11.7. The van der Waals surface area contributed by atoms with Crippen molar-refractivity contribution in [1.82, 2.24) is 20.6 Å². The zero-order chi connectivity index (χ0) is 15.4. The summed E-state index contributed by atoms with van der Waals surface area (Å²) in [5, 5.41) is 25.4. The smallest absolute Gasteiger partial charge is 0.216 e. The van der Waals surface area contributed by atoms with Crippen LogP contribution in [0.25, 0.3) is 16.9 Å². The molecule has 2 heterocycles. The molecule has 7 heteroatoms. The minimum Gasteiger partial charge on any atom is -0.461 e. The molecule has 0 aliphatic heterocycles. The van der Waals surface area contributed by atoms with E-state index in [4.69, 9.17) is 9.68 Å². The molecule has 0 atom stereocenters. The number of nitrogens with zero attached hydrogens (tertiary/aromatic N) is 4. The van der Waals surface area contributed by atoms with Gasteiger partial charge in [0.15, 0.2) is 0 Å². The van der Waals surface area contributed by atoms with Gasteiger partial charge in [-0.3, -0.25) is 0 Å². The van der Waals surface area contributed by atoms with Crippen LogP contribution < -0.4 is 5.32 Å². The first-order chi connectivity index (χ1) is 10.8. The molecule has 2 aromatic heterocycles. The fourth-order valence-corrected chi connectivity index (χ4v) is 1.90. The maximum absolute atomic E-state index is 9.08. The minimum absolute atomic E-state index is 0.248. The summed E-state index contributed by atoms with van der Waals surface area (Å²) >= 11 is 0. The van der Waals surface area contributed by atoms with Crippen molar-refractivity contribution >= 4 is 11.3 Å². The van der Waals surface area contributed by atoms with Crippen molar-refractivity contribution in [2.75, 3.05) is 5.32 Å². The van der Waals surface area contributed by atoms with E-state index in [1.54, 1.807) is 0 Å². The minimum atomic E-state index is 0.248. The topological polar surface area (TPSA) is 103 Å². The van der Waals surface area contributed by atoms with Crippen LogP contribution >= 0.6 is 0 Å². The molecule has 3 rings (SSSR count). The molecule has 108 valence electrons. The first kappa shape index (κ1) is 13.6. The van der Waals surface area contributed by atoms with Crippen molar-refractivity contribution < 1.29 is 4.42 Å². The second-order valence-electron chi connectivity index (χ2n) is 4.54. The van der Waals surface area contributed by atoms with E-state index in [0.29, 0.717) is 5.57 Å². The van der Waals surface area contributed by atoms with Crippen LogP contribution in [0.5, 0.6) is 0 Å². The lowest BCUT2D eigenvalue weighted by Gasteiger charge is -2.02. The molecule has 0 aliphatic carbocycles. The third-order valence-corrected chi connectivity index (χ3v) is 3.00. The van der Waals surface area contributed by atoms with E-state index < -0.39 is 0 Å². The van der Waals surface area contributed by atoms with Crippen LogP contribution in [0, 0.1) is 18.3 Å². The molecule has 0 amide bonds. The molecular formula is C15H12N6O. The Hall–Kier alpha value is -3.40. The van der Waals surface area contributed by atoms with Crippen molar-refractivity contribution in [2.24, 2.45) is 0 Å². The average molecular weight is 292 g/mol. The highest BCUT2D eigenvalue weighted by atomic mass is 16.3. The molecule has 0 bridgehead atoms. The quantitative estimate of drug-likeness (QED) is 0.716. The number of rotatable bonds is 4. The molecule has 22 heavy (non-hydrogen) atoms. The fraction of sp³-hybridized carbons (Fsp3) is 0.0667. The number of anilines is 1. The zero-order valence-electron chi connectivity index (χ0n) is 11.7. The average Bonchev–Trinajstić information content (AvgIpc) is 3.20. The maximum Gasteiger partial charge on any atom is 0.216 e. The lowest BCUT2D eigenvalue weighted by molar-refractivity contribution is 0.548. The molecule has 0 radical (unpaired) electrons. The number of allylic oxidation sites excluding steroid dienone is 1. The lowest BCUT2D eigenvalue weighted by atomic mass is 10.1. The summed E-state index contributed by atoms with van der Waals surface area (Å²) in [5.74, 6) is 1.95. The highest BCUT2D eigenvalue weighted by molar-refractivity contribution is 5.74. The number of benzene rings is 1. The first-order valence-electron chi connectivity index (χ1n) is 6.54. The number of aryl methyl sites for hydroxylation is 1. The predicted octanol–water partition coefficient (Wildman–Crippen LogP) is 2.74. The van der Waals surface area contributed by atoms with E-state index in [0.717, 1.165) is 22.8 Å². The summed E-state index contributed by atoms with van der Waals surface area (Å²) in [7, 11) is 0. The lowest BCUT2D eigenvalue weighted by Crippen LogP contribution is -1.92. The molecule has 1 aromatic carbocycles. The molecular weight excluding hydrogens is 280 g/mol. The molecule has 7 nitrogen and oxygen atoms in total. The number of tetrazole rings is 1. The van der Waals surface area contributed by atoms with Gasteiger partial charge >= 0.3 is 0 Å². The van der Waals surface area contributed by atoms with Crippen molar-refractivity contribution in [3.63, 3.8) is 0 Å². The van der Waals surface area contributed by atoms with Gasteiger partial charge in [-0.15, -0.1) is 10.2 Å². The molecule has 0 fully saturated rings. The summed E-state index contributed by atoms with van der Waals surface area (Å²) in [6, 6.07) is 13.5. The van der Waals surface area contributed by atoms with E-state index in [2.05, 4.69) is 25.9 Å². The van der Waals surface area contributed by atoms with Gasteiger partial charge in [-0.25, -0.2) is 0 Å². The number of nitriles is 1. The van der Waals surface area contributed by atoms with Gasteiger partial charge in [0.2, 0.25) is 5.82 Å². The summed E-state index contributed by atoms with van der Waals surface area (Å²) in [4.78, 5) is 0. The van der Waals surface area contributed by atoms with Crippen LogP contribution in [0.2, 0.25) is 0 Å². The number of aromatic amines is 1. The highest BCUT2D eigenvalue weighted by Crippen LogP contribution is 2.23. The Labute approximate surface area is 126 Å². The van der Waals surface area contributed by atoms with Crippen LogP contribution in [0.1, 0.15) is 11.6 Å². The monoisotopic (exact) mass is 292 g/mol. The first-order valence-corrected chi connectivity index (χ1v) is 6.54. The van der Waals surface area contributed by atoms with Gasteiger partial charge < -0.3 is 9.73 Å². The number of hydrogen-bond donors (Lipinski definition) is 2. The normalized spacial score (nSPS) is 11.2. The number of aromatic nitrogens is 4. The van der Waals surface area contributed by atoms with Gasteiger partial charge in [-0.1, -0.05) is 0 Å². The van der Waals surface area contributed by atoms with Gasteiger partial charge in [0.1, 0.15) is 23.2 Å². The Balaban J connectivity index is 1.75. The molecule has 0 saturated heterocycles. The Morgan fingerprint density at radius 1 is 1.27 bits per heavy atom. The van der Waals surface area contributed by atoms with E-state index in [-0.39, 0.29) is 5.82 Å². The van der Waals surface area contributed by atoms with E-state index in [1.807, 2.05) is 49.4 Å². The molecule has 0 unspecified atom stereocenters. The number of nitrogens with one attached hydrogen (secondary N) is 2. The Morgan fingerprint density at radius 2 is 2.09 bits per heavy atom. The summed E-state index contributed by atoms with van der Waals surface area (Å²) in [6.45, 7) is 1.91. The van der Waals surface area contributed by atoms with Crippen LogP contribution in [0.3, 0.4) is 0 Å². The summed E-state index contributed by atoms with van der Waals surface area (Å²) < 4.78 is 5.57. The predicted molar refractivity (Wildman–Crippen MR) is 80.3 cm³/mol. The van der Waals surface area contributed by atoms with Crippen molar-refractivity contribution in [1.29, 1.82) is 5.26 Å². The Bertz CT molecular complexity index is 824. The van der Waals surface area contributed by atoms with Gasteiger partial charge in [0.25, 0.3) is 0 Å². The van der Waals surface area contributed by atoms with Crippen LogP contribution in [-0.2, 0) is 0 Å². The Kier molecular flexibility index (Phi) is 3.66. The van der Waals surface area contributed by atoms with E-state index in [1.165, 1.54) is 6.20 Å². The summed E-state index contributed by atoms with van der Waals surface area (Å²) in [5.41, 5.74) is 2.11. The van der Waals surface area contributed by atoms with Gasteiger partial charge in [0.05, 0.1) is 0 Å². The number of hydrogen-bond acceptors (Lipinski definition) is 6. The van der Waals surface area contributed by atoms with Crippen LogP contribution in [0.4, 0.5) is 5.69 Å². The van der Waals surface area contributed by atoms with Crippen molar-refractivity contribution in [3.8, 4) is 17.4 Å². The standard InChI is InChI=1S/C15H12N6O/c1-10-2-7-14(22-10)11-3-5-13(6-4-11)17-9-12(8-16)15-18-20-21-19-15/h2-7,9,17H,1H3,(H,18,19,20,21). The van der Waals surface area contributed by atoms with E-state index in [9.17, 15) is 0 Å². The Morgan fingerprint density at radius 3 is 2.68 bits per heavy atom. The SMILES string of the molecule is Cc1ccc(-c2ccc(NC=C(C#N)c3nn[nH]n3)cc2)o1. The molecule has 0 aliphatic rings. The number of H-pyrrole nitrogens is 1. The second kappa shape index (κ2) is 5.93.